The third-order valence-corrected chi connectivity index (χ3v) is 9.32. The Hall–Kier alpha value is -2.20. The maximum absolute atomic E-state index is 14.0. The van der Waals surface area contributed by atoms with Gasteiger partial charge in [-0.05, 0) is 68.9 Å². The Morgan fingerprint density at radius 2 is 1.70 bits per heavy atom. The molecule has 3 rings (SSSR count). The second-order valence-corrected chi connectivity index (χ2v) is 13.7. The molecule has 6 atom stereocenters. The van der Waals surface area contributed by atoms with Gasteiger partial charge in [0.05, 0.1) is 12.0 Å². The van der Waals surface area contributed by atoms with Crippen LogP contribution in [0.25, 0.3) is 0 Å². The molecule has 228 valence electrons. The number of carbonyl (C=O) groups is 4. The van der Waals surface area contributed by atoms with Gasteiger partial charge in [-0.15, -0.1) is 0 Å². The number of likely N-dealkylation sites (tertiary alicyclic amines) is 2. The molecule has 3 amide bonds. The molecule has 3 saturated heterocycles. The SMILES string of the molecule is CC1CCNC[C@@H]1C(=O)N[C@H](C(=O)N(C)[C@H](CN1CCC[C@H]1C(=O)N1CCCC[C@H]1C(=O)O)C(C)C)C(C)(C)C. The number of hydrogen-bond donors (Lipinski definition) is 3. The van der Waals surface area contributed by atoms with Crippen molar-refractivity contribution in [3.8, 4) is 0 Å². The normalized spacial score (nSPS) is 27.8. The fourth-order valence-corrected chi connectivity index (χ4v) is 6.59. The van der Waals surface area contributed by atoms with Gasteiger partial charge in [-0.2, -0.15) is 0 Å². The molecule has 0 bridgehead atoms. The predicted octanol–water partition coefficient (Wildman–Crippen LogP) is 2.18. The van der Waals surface area contributed by atoms with Crippen LogP contribution in [0.4, 0.5) is 0 Å². The largest absolute Gasteiger partial charge is 0.480 e. The average molecular weight is 564 g/mol. The first-order valence-electron chi connectivity index (χ1n) is 15.3. The summed E-state index contributed by atoms with van der Waals surface area (Å²) in [5.74, 6) is -1.04. The lowest BCUT2D eigenvalue weighted by Crippen LogP contribution is -2.60. The molecule has 40 heavy (non-hydrogen) atoms. The molecular formula is C30H53N5O5. The van der Waals surface area contributed by atoms with Crippen molar-refractivity contribution in [2.24, 2.45) is 23.2 Å². The number of amides is 3. The number of aliphatic carboxylic acids is 1. The molecule has 0 aliphatic carbocycles. The monoisotopic (exact) mass is 563 g/mol. The minimum absolute atomic E-state index is 0.0813. The van der Waals surface area contributed by atoms with E-state index in [4.69, 9.17) is 0 Å². The minimum Gasteiger partial charge on any atom is -0.480 e. The van der Waals surface area contributed by atoms with Gasteiger partial charge in [0.15, 0.2) is 0 Å². The van der Waals surface area contributed by atoms with E-state index in [2.05, 4.69) is 36.3 Å². The van der Waals surface area contributed by atoms with Crippen molar-refractivity contribution in [1.29, 1.82) is 0 Å². The quantitative estimate of drug-likeness (QED) is 0.393. The van der Waals surface area contributed by atoms with Crippen molar-refractivity contribution in [1.82, 2.24) is 25.3 Å². The fraction of sp³-hybridized carbons (Fsp3) is 0.867. The van der Waals surface area contributed by atoms with Crippen LogP contribution in [0.5, 0.6) is 0 Å². The summed E-state index contributed by atoms with van der Waals surface area (Å²) in [5, 5.41) is 16.1. The number of piperidine rings is 2. The van der Waals surface area contributed by atoms with Gasteiger partial charge in [0.1, 0.15) is 12.1 Å². The molecule has 0 aromatic rings. The van der Waals surface area contributed by atoms with Crippen molar-refractivity contribution in [3.05, 3.63) is 0 Å². The topological polar surface area (TPSA) is 122 Å². The van der Waals surface area contributed by atoms with Gasteiger partial charge in [0.25, 0.3) is 0 Å². The van der Waals surface area contributed by atoms with Crippen molar-refractivity contribution in [3.63, 3.8) is 0 Å². The van der Waals surface area contributed by atoms with E-state index in [9.17, 15) is 24.3 Å². The summed E-state index contributed by atoms with van der Waals surface area (Å²) < 4.78 is 0. The van der Waals surface area contributed by atoms with Crippen LogP contribution < -0.4 is 10.6 Å². The van der Waals surface area contributed by atoms with Crippen LogP contribution in [0, 0.1) is 23.2 Å². The zero-order valence-corrected chi connectivity index (χ0v) is 25.7. The number of nitrogens with one attached hydrogen (secondary N) is 2. The molecule has 0 aromatic carbocycles. The molecule has 3 N–H and O–H groups in total. The summed E-state index contributed by atoms with van der Waals surface area (Å²) in [7, 11) is 1.81. The summed E-state index contributed by atoms with van der Waals surface area (Å²) in [5.41, 5.74) is -0.486. The van der Waals surface area contributed by atoms with Crippen molar-refractivity contribution < 1.29 is 24.3 Å². The number of carboxylic acid groups (broad SMARTS) is 1. The smallest absolute Gasteiger partial charge is 0.326 e. The number of carboxylic acids is 1. The van der Waals surface area contributed by atoms with E-state index >= 15 is 0 Å². The Balaban J connectivity index is 1.75. The van der Waals surface area contributed by atoms with E-state index in [1.54, 1.807) is 16.8 Å². The molecule has 3 aliphatic rings. The summed E-state index contributed by atoms with van der Waals surface area (Å²) in [6.45, 7) is 15.4. The standard InChI is InChI=1S/C30H53N5O5/c1-19(2)24(18-34-15-10-12-22(34)27(37)35-16-9-8-11-23(35)29(39)40)33(7)28(38)25(30(4,5)6)32-26(36)21-17-31-14-13-20(21)3/h19-25,31H,8-18H2,1-7H3,(H,32,36)(H,39,40)/t20?,21-,22-,23-,24+,25+/m0/s1. The molecule has 3 aliphatic heterocycles. The van der Waals surface area contributed by atoms with E-state index in [1.807, 2.05) is 20.8 Å². The Kier molecular flexibility index (Phi) is 11.0. The minimum atomic E-state index is -0.934. The average Bonchev–Trinajstić information content (AvgIpc) is 3.36. The zero-order valence-electron chi connectivity index (χ0n) is 25.7. The Morgan fingerprint density at radius 3 is 2.30 bits per heavy atom. The number of rotatable bonds is 9. The van der Waals surface area contributed by atoms with Gasteiger partial charge < -0.3 is 25.5 Å². The van der Waals surface area contributed by atoms with Gasteiger partial charge in [-0.3, -0.25) is 19.3 Å². The Morgan fingerprint density at radius 1 is 1.02 bits per heavy atom. The van der Waals surface area contributed by atoms with E-state index < -0.39 is 23.5 Å². The second-order valence-electron chi connectivity index (χ2n) is 13.7. The van der Waals surface area contributed by atoms with Crippen molar-refractivity contribution >= 4 is 23.7 Å². The van der Waals surface area contributed by atoms with Crippen LogP contribution in [-0.2, 0) is 19.2 Å². The highest BCUT2D eigenvalue weighted by Gasteiger charge is 2.43. The molecule has 0 saturated carbocycles. The van der Waals surface area contributed by atoms with E-state index in [0.29, 0.717) is 32.5 Å². The van der Waals surface area contributed by atoms with Crippen LogP contribution in [0.2, 0.25) is 0 Å². The Labute approximate surface area is 240 Å². The first-order chi connectivity index (χ1) is 18.7. The summed E-state index contributed by atoms with van der Waals surface area (Å²) >= 11 is 0. The lowest BCUT2D eigenvalue weighted by molar-refractivity contribution is -0.154. The van der Waals surface area contributed by atoms with Crippen LogP contribution >= 0.6 is 0 Å². The summed E-state index contributed by atoms with van der Waals surface area (Å²) in [4.78, 5) is 58.3. The lowest BCUT2D eigenvalue weighted by atomic mass is 9.83. The first-order valence-corrected chi connectivity index (χ1v) is 15.3. The molecular weight excluding hydrogens is 510 g/mol. The van der Waals surface area contributed by atoms with Gasteiger partial charge >= 0.3 is 5.97 Å². The van der Waals surface area contributed by atoms with Crippen LogP contribution in [0.3, 0.4) is 0 Å². The highest BCUT2D eigenvalue weighted by Crippen LogP contribution is 2.28. The number of hydrogen-bond acceptors (Lipinski definition) is 6. The number of likely N-dealkylation sites (N-methyl/N-ethyl adjacent to an activating group) is 1. The van der Waals surface area contributed by atoms with Crippen molar-refractivity contribution in [2.45, 2.75) is 104 Å². The highest BCUT2D eigenvalue weighted by molar-refractivity contribution is 5.90. The maximum atomic E-state index is 14.0. The van der Waals surface area contributed by atoms with Crippen LogP contribution in [0.1, 0.15) is 80.1 Å². The van der Waals surface area contributed by atoms with Gasteiger partial charge in [-0.1, -0.05) is 41.5 Å². The van der Waals surface area contributed by atoms with Gasteiger partial charge in [-0.25, -0.2) is 4.79 Å². The molecule has 10 nitrogen and oxygen atoms in total. The first kappa shape index (κ1) is 32.3. The third-order valence-electron chi connectivity index (χ3n) is 9.32. The highest BCUT2D eigenvalue weighted by atomic mass is 16.4. The van der Waals surface area contributed by atoms with Crippen LogP contribution in [-0.4, -0.2) is 107 Å². The van der Waals surface area contributed by atoms with Gasteiger partial charge in [0, 0.05) is 32.7 Å². The molecule has 10 heteroatoms. The molecule has 0 aromatic heterocycles. The van der Waals surface area contributed by atoms with Gasteiger partial charge in [0.2, 0.25) is 17.7 Å². The van der Waals surface area contributed by atoms with E-state index in [0.717, 1.165) is 38.8 Å². The van der Waals surface area contributed by atoms with Crippen LogP contribution in [0.15, 0.2) is 0 Å². The summed E-state index contributed by atoms with van der Waals surface area (Å²) in [6.07, 6.45) is 4.62. The fourth-order valence-electron chi connectivity index (χ4n) is 6.59. The molecule has 0 spiro atoms. The summed E-state index contributed by atoms with van der Waals surface area (Å²) in [6, 6.07) is -1.98. The Bertz CT molecular complexity index is 919. The van der Waals surface area contributed by atoms with E-state index in [1.165, 1.54) is 0 Å². The van der Waals surface area contributed by atoms with E-state index in [-0.39, 0.29) is 47.6 Å². The lowest BCUT2D eigenvalue weighted by Gasteiger charge is -2.42. The predicted molar refractivity (Wildman–Crippen MR) is 155 cm³/mol. The molecule has 3 heterocycles. The molecule has 0 radical (unpaired) electrons. The number of nitrogens with zero attached hydrogens (tertiary/aromatic N) is 3. The molecule has 1 unspecified atom stereocenters. The third kappa shape index (κ3) is 7.55. The van der Waals surface area contributed by atoms with Crippen molar-refractivity contribution in [2.75, 3.05) is 39.8 Å². The second kappa shape index (κ2) is 13.6. The molecule has 3 fully saturated rings. The zero-order chi connectivity index (χ0) is 29.8. The maximum Gasteiger partial charge on any atom is 0.326 e. The number of carbonyl (C=O) groups excluding carboxylic acids is 3.